The van der Waals surface area contributed by atoms with Gasteiger partial charge >= 0.3 is 20.6 Å². The SMILES string of the molecule is CCC(C)c1ccc2ccccc2c1.CS(=O)(=O)NS(=O)(=O)C(F)(F)C(F)(F)S(=O)(=O)Oc1ccc(CCOCCCCO)cc1. The van der Waals surface area contributed by atoms with Crippen molar-refractivity contribution in [1.82, 2.24) is 4.13 Å². The molecule has 0 spiro atoms. The molecular formula is C29H37F4NO9S3. The predicted octanol–water partition coefficient (Wildman–Crippen LogP) is 5.14. The molecule has 0 aromatic heterocycles. The highest BCUT2D eigenvalue weighted by atomic mass is 32.3. The molecule has 0 saturated heterocycles. The number of alkyl halides is 4. The molecule has 0 aliphatic rings. The second kappa shape index (κ2) is 16.3. The van der Waals surface area contributed by atoms with Gasteiger partial charge in [-0.3, -0.25) is 0 Å². The Hall–Kier alpha value is -2.83. The van der Waals surface area contributed by atoms with E-state index in [2.05, 4.69) is 60.5 Å². The van der Waals surface area contributed by atoms with E-state index in [-0.39, 0.29) is 19.5 Å². The third kappa shape index (κ3) is 10.6. The Morgan fingerprint density at radius 2 is 1.43 bits per heavy atom. The maximum absolute atomic E-state index is 14.0. The highest BCUT2D eigenvalue weighted by Crippen LogP contribution is 2.43. The summed E-state index contributed by atoms with van der Waals surface area (Å²) < 4.78 is 133. The lowest BCUT2D eigenvalue weighted by molar-refractivity contribution is -0.101. The summed E-state index contributed by atoms with van der Waals surface area (Å²) in [6.45, 7) is 5.18. The van der Waals surface area contributed by atoms with Gasteiger partial charge in [0.05, 0.1) is 12.9 Å². The molecule has 0 amide bonds. The summed E-state index contributed by atoms with van der Waals surface area (Å²) in [5.74, 6) is -0.152. The van der Waals surface area contributed by atoms with Crippen LogP contribution in [0.1, 0.15) is 50.2 Å². The number of halogens is 4. The number of benzene rings is 3. The topological polar surface area (TPSA) is 153 Å². The normalized spacial score (nSPS) is 13.6. The summed E-state index contributed by atoms with van der Waals surface area (Å²) in [6, 6.07) is 19.5. The van der Waals surface area contributed by atoms with E-state index in [4.69, 9.17) is 9.84 Å². The maximum Gasteiger partial charge on any atom is 0.459 e. The molecule has 0 heterocycles. The van der Waals surface area contributed by atoms with E-state index >= 15 is 0 Å². The van der Waals surface area contributed by atoms with Crippen molar-refractivity contribution in [2.24, 2.45) is 0 Å². The van der Waals surface area contributed by atoms with Gasteiger partial charge in [0.25, 0.3) is 10.0 Å². The highest BCUT2D eigenvalue weighted by Gasteiger charge is 2.75. The zero-order chi connectivity index (χ0) is 34.8. The van der Waals surface area contributed by atoms with Crippen LogP contribution in [0.2, 0.25) is 0 Å². The summed E-state index contributed by atoms with van der Waals surface area (Å²) >= 11 is 0. The Labute approximate surface area is 267 Å². The number of unbranched alkanes of at least 4 members (excludes halogenated alkanes) is 1. The minimum absolute atomic E-state index is 0.0266. The van der Waals surface area contributed by atoms with Gasteiger partial charge in [-0.25, -0.2) is 16.8 Å². The van der Waals surface area contributed by atoms with Crippen LogP contribution in [0.25, 0.3) is 10.8 Å². The first-order chi connectivity index (χ1) is 21.3. The van der Waals surface area contributed by atoms with Crippen molar-refractivity contribution in [3.63, 3.8) is 0 Å². The van der Waals surface area contributed by atoms with Crippen LogP contribution < -0.4 is 8.31 Å². The number of hydrogen-bond acceptors (Lipinski definition) is 9. The van der Waals surface area contributed by atoms with Gasteiger partial charge in [0.2, 0.25) is 10.0 Å². The van der Waals surface area contributed by atoms with Crippen LogP contribution in [0.15, 0.2) is 66.7 Å². The van der Waals surface area contributed by atoms with E-state index in [1.165, 1.54) is 34.9 Å². The Morgan fingerprint density at radius 1 is 0.826 bits per heavy atom. The molecule has 10 nitrogen and oxygen atoms in total. The van der Waals surface area contributed by atoms with E-state index in [9.17, 15) is 42.8 Å². The summed E-state index contributed by atoms with van der Waals surface area (Å²) in [7, 11) is -18.2. The summed E-state index contributed by atoms with van der Waals surface area (Å²) in [6.07, 6.45) is 2.82. The van der Waals surface area contributed by atoms with Crippen molar-refractivity contribution < 1.29 is 56.8 Å². The summed E-state index contributed by atoms with van der Waals surface area (Å²) in [5, 5.41) is -1.43. The molecule has 3 aromatic rings. The molecule has 17 heteroatoms. The molecule has 3 rings (SSSR count). The highest BCUT2D eigenvalue weighted by molar-refractivity contribution is 8.05. The fourth-order valence-corrected chi connectivity index (χ4v) is 7.52. The fraction of sp³-hybridized carbons (Fsp3) is 0.448. The largest absolute Gasteiger partial charge is 0.459 e. The van der Waals surface area contributed by atoms with Gasteiger partial charge in [-0.15, -0.1) is 4.13 Å². The van der Waals surface area contributed by atoms with Crippen LogP contribution in [-0.4, -0.2) is 66.9 Å². The molecule has 0 aliphatic carbocycles. The lowest BCUT2D eigenvalue weighted by Crippen LogP contribution is -2.57. The van der Waals surface area contributed by atoms with Gasteiger partial charge in [0.15, 0.2) is 0 Å². The maximum atomic E-state index is 14.0. The molecule has 0 fully saturated rings. The number of ether oxygens (including phenoxy) is 1. The molecule has 3 aromatic carbocycles. The molecule has 0 saturated carbocycles. The molecule has 0 radical (unpaired) electrons. The molecule has 0 aliphatic heterocycles. The van der Waals surface area contributed by atoms with Crippen LogP contribution in [0.4, 0.5) is 17.6 Å². The number of aliphatic hydroxyl groups excluding tert-OH is 1. The van der Waals surface area contributed by atoms with Crippen LogP contribution in [0.5, 0.6) is 5.75 Å². The van der Waals surface area contributed by atoms with E-state index in [0.717, 1.165) is 12.1 Å². The van der Waals surface area contributed by atoms with E-state index in [0.29, 0.717) is 41.5 Å². The number of sulfonamides is 2. The van der Waals surface area contributed by atoms with Gasteiger partial charge in [-0.05, 0) is 65.6 Å². The summed E-state index contributed by atoms with van der Waals surface area (Å²) in [5.41, 5.74) is 2.00. The molecule has 2 N–H and O–H groups in total. The first-order valence-electron chi connectivity index (χ1n) is 14.0. The van der Waals surface area contributed by atoms with E-state index in [1.807, 2.05) is 0 Å². The van der Waals surface area contributed by atoms with Crippen molar-refractivity contribution in [3.05, 3.63) is 77.9 Å². The molecule has 1 atom stereocenters. The van der Waals surface area contributed by atoms with Gasteiger partial charge < -0.3 is 14.0 Å². The molecule has 46 heavy (non-hydrogen) atoms. The third-order valence-corrected chi connectivity index (χ3v) is 11.0. The summed E-state index contributed by atoms with van der Waals surface area (Å²) in [4.78, 5) is 0. The minimum atomic E-state index is -6.68. The van der Waals surface area contributed by atoms with Gasteiger partial charge in [0, 0.05) is 13.2 Å². The quantitative estimate of drug-likeness (QED) is 0.117. The first kappa shape index (κ1) is 39.3. The predicted molar refractivity (Wildman–Crippen MR) is 166 cm³/mol. The monoisotopic (exact) mass is 715 g/mol. The minimum Gasteiger partial charge on any atom is -0.396 e. The molecule has 0 bridgehead atoms. The Kier molecular flexibility index (Phi) is 14.0. The lowest BCUT2D eigenvalue weighted by Gasteiger charge is -2.25. The number of nitrogens with one attached hydrogen (secondary N) is 1. The Bertz CT molecular complexity index is 1750. The van der Waals surface area contributed by atoms with Crippen molar-refractivity contribution in [2.45, 2.75) is 56.0 Å². The molecule has 1 unspecified atom stereocenters. The first-order valence-corrected chi connectivity index (χ1v) is 18.7. The second-order valence-electron chi connectivity index (χ2n) is 10.3. The number of aliphatic hydroxyl groups is 1. The smallest absolute Gasteiger partial charge is 0.396 e. The van der Waals surface area contributed by atoms with Gasteiger partial charge in [-0.2, -0.15) is 26.0 Å². The average molecular weight is 716 g/mol. The average Bonchev–Trinajstić information content (AvgIpc) is 2.97. The number of hydrogen-bond donors (Lipinski definition) is 2. The van der Waals surface area contributed by atoms with Crippen molar-refractivity contribution in [1.29, 1.82) is 0 Å². The fourth-order valence-electron chi connectivity index (χ4n) is 3.80. The van der Waals surface area contributed by atoms with Crippen LogP contribution in [-0.2, 0) is 41.3 Å². The van der Waals surface area contributed by atoms with E-state index in [1.54, 1.807) is 0 Å². The van der Waals surface area contributed by atoms with Crippen LogP contribution in [0.3, 0.4) is 0 Å². The van der Waals surface area contributed by atoms with Crippen molar-refractivity contribution in [2.75, 3.05) is 26.1 Å². The molecule has 258 valence electrons. The number of fused-ring (bicyclic) bond motifs is 1. The van der Waals surface area contributed by atoms with Crippen LogP contribution >= 0.6 is 0 Å². The van der Waals surface area contributed by atoms with Gasteiger partial charge in [-0.1, -0.05) is 68.4 Å². The second-order valence-corrected chi connectivity index (χ2v) is 15.6. The van der Waals surface area contributed by atoms with Crippen molar-refractivity contribution in [3.8, 4) is 5.75 Å². The number of rotatable bonds is 16. The van der Waals surface area contributed by atoms with Gasteiger partial charge in [0.1, 0.15) is 5.75 Å². The Morgan fingerprint density at radius 3 is 2.00 bits per heavy atom. The van der Waals surface area contributed by atoms with Crippen molar-refractivity contribution >= 4 is 40.9 Å². The zero-order valence-corrected chi connectivity index (χ0v) is 27.8. The third-order valence-electron chi connectivity index (χ3n) is 6.57. The Balaban J connectivity index is 0.000000432. The zero-order valence-electron chi connectivity index (χ0n) is 25.3. The standard InChI is InChI=1S/C15H21F4NO9S3.C14H16/c1-30(22,23)20-31(24,25)14(16,17)15(18,19)32(26,27)29-13-6-4-12(5-7-13)8-11-28-10-3-2-9-21;1-3-11(2)13-9-8-12-6-4-5-7-14(12)10-13/h4-7,20-21H,2-3,8-11H2,1H3;4-11H,3H2,1-2H3. The molecular weight excluding hydrogens is 679 g/mol. The van der Waals surface area contributed by atoms with Crippen LogP contribution in [0, 0.1) is 0 Å². The van der Waals surface area contributed by atoms with E-state index < -0.39 is 46.4 Å². The lowest BCUT2D eigenvalue weighted by atomic mass is 9.96.